The van der Waals surface area contributed by atoms with Gasteiger partial charge >= 0.3 is 0 Å². The molecule has 0 aliphatic heterocycles. The van der Waals surface area contributed by atoms with Crippen LogP contribution in [0.3, 0.4) is 0 Å². The zero-order valence-corrected chi connectivity index (χ0v) is 11.5. The number of rotatable bonds is 7. The van der Waals surface area contributed by atoms with Crippen molar-refractivity contribution in [1.29, 1.82) is 0 Å². The smallest absolute Gasteiger partial charge is 0.123 e. The number of aliphatic hydroxyl groups excluding tert-OH is 1. The van der Waals surface area contributed by atoms with Crippen LogP contribution in [0.5, 0.6) is 0 Å². The van der Waals surface area contributed by atoms with Gasteiger partial charge in [0.2, 0.25) is 0 Å². The minimum Gasteiger partial charge on any atom is -0.396 e. The molecule has 0 aliphatic rings. The van der Waals surface area contributed by atoms with Crippen molar-refractivity contribution in [2.45, 2.75) is 45.7 Å². The van der Waals surface area contributed by atoms with Gasteiger partial charge in [-0.2, -0.15) is 0 Å². The molecule has 0 aromatic heterocycles. The van der Waals surface area contributed by atoms with Gasteiger partial charge in [-0.25, -0.2) is 4.39 Å². The van der Waals surface area contributed by atoms with Crippen molar-refractivity contribution in [3.63, 3.8) is 0 Å². The van der Waals surface area contributed by atoms with Crippen LogP contribution >= 0.6 is 0 Å². The van der Waals surface area contributed by atoms with E-state index in [9.17, 15) is 4.39 Å². The number of hydrogen-bond donors (Lipinski definition) is 2. The second-order valence-corrected chi connectivity index (χ2v) is 5.04. The van der Waals surface area contributed by atoms with E-state index in [1.54, 1.807) is 0 Å². The second kappa shape index (κ2) is 7.49. The summed E-state index contributed by atoms with van der Waals surface area (Å²) in [6.45, 7) is 6.59. The Hall–Kier alpha value is -0.930. The third-order valence-electron chi connectivity index (χ3n) is 3.34. The summed E-state index contributed by atoms with van der Waals surface area (Å²) in [4.78, 5) is 0. The van der Waals surface area contributed by atoms with Gasteiger partial charge in [-0.05, 0) is 36.5 Å². The average Bonchev–Trinajstić information content (AvgIpc) is 2.35. The first-order chi connectivity index (χ1) is 8.58. The Balaban J connectivity index is 2.73. The molecule has 1 aromatic carbocycles. The highest BCUT2D eigenvalue weighted by molar-refractivity contribution is 5.20. The molecule has 0 spiro atoms. The molecule has 2 atom stereocenters. The third kappa shape index (κ3) is 4.39. The summed E-state index contributed by atoms with van der Waals surface area (Å²) in [5, 5.41) is 12.6. The molecular weight excluding hydrogens is 229 g/mol. The molecule has 2 unspecified atom stereocenters. The quantitative estimate of drug-likeness (QED) is 0.781. The number of nitrogens with one attached hydrogen (secondary N) is 1. The summed E-state index contributed by atoms with van der Waals surface area (Å²) in [7, 11) is 0. The molecule has 2 nitrogen and oxygen atoms in total. The highest BCUT2D eigenvalue weighted by atomic mass is 19.1. The molecule has 0 radical (unpaired) electrons. The number of benzene rings is 1. The first kappa shape index (κ1) is 15.1. The van der Waals surface area contributed by atoms with Crippen molar-refractivity contribution in [2.24, 2.45) is 5.92 Å². The molecular formula is C15H24FNO. The van der Waals surface area contributed by atoms with E-state index in [1.807, 2.05) is 12.1 Å². The van der Waals surface area contributed by atoms with E-state index in [1.165, 1.54) is 12.1 Å². The van der Waals surface area contributed by atoms with Crippen molar-refractivity contribution in [3.8, 4) is 0 Å². The van der Waals surface area contributed by atoms with Crippen molar-refractivity contribution >= 4 is 0 Å². The fraction of sp³-hybridized carbons (Fsp3) is 0.600. The van der Waals surface area contributed by atoms with Crippen LogP contribution < -0.4 is 5.32 Å². The minimum atomic E-state index is -0.204. The lowest BCUT2D eigenvalue weighted by Gasteiger charge is -2.28. The standard InChI is InChI=1S/C15H24FNO/c1-4-14(12-5-7-13(16)8-6-12)17-15(9-10-18)11(2)3/h5-8,11,14-15,17-18H,4,9-10H2,1-3H3. The maximum Gasteiger partial charge on any atom is 0.123 e. The molecule has 0 heterocycles. The van der Waals surface area contributed by atoms with E-state index in [0.717, 1.165) is 18.4 Å². The Kier molecular flexibility index (Phi) is 6.30. The van der Waals surface area contributed by atoms with Crippen molar-refractivity contribution in [3.05, 3.63) is 35.6 Å². The number of hydrogen-bond acceptors (Lipinski definition) is 2. The monoisotopic (exact) mass is 253 g/mol. The SMILES string of the molecule is CCC(NC(CCO)C(C)C)c1ccc(F)cc1. The fourth-order valence-corrected chi connectivity index (χ4v) is 2.15. The highest BCUT2D eigenvalue weighted by Crippen LogP contribution is 2.20. The summed E-state index contributed by atoms with van der Waals surface area (Å²) >= 11 is 0. The summed E-state index contributed by atoms with van der Waals surface area (Å²) < 4.78 is 12.9. The average molecular weight is 253 g/mol. The van der Waals surface area contributed by atoms with Crippen molar-refractivity contribution in [2.75, 3.05) is 6.61 Å². The van der Waals surface area contributed by atoms with E-state index in [4.69, 9.17) is 5.11 Å². The fourth-order valence-electron chi connectivity index (χ4n) is 2.15. The van der Waals surface area contributed by atoms with Gasteiger partial charge < -0.3 is 10.4 Å². The van der Waals surface area contributed by atoms with Gasteiger partial charge in [0.25, 0.3) is 0 Å². The molecule has 1 aromatic rings. The van der Waals surface area contributed by atoms with Crippen LogP contribution in [0.1, 0.15) is 45.2 Å². The van der Waals surface area contributed by atoms with E-state index in [0.29, 0.717) is 5.92 Å². The van der Waals surface area contributed by atoms with E-state index in [-0.39, 0.29) is 24.5 Å². The van der Waals surface area contributed by atoms with Gasteiger partial charge in [-0.3, -0.25) is 0 Å². The van der Waals surface area contributed by atoms with Gasteiger partial charge in [-0.15, -0.1) is 0 Å². The summed E-state index contributed by atoms with van der Waals surface area (Å²) in [6.07, 6.45) is 1.69. The molecule has 3 heteroatoms. The maximum absolute atomic E-state index is 12.9. The van der Waals surface area contributed by atoms with E-state index in [2.05, 4.69) is 26.1 Å². The third-order valence-corrected chi connectivity index (χ3v) is 3.34. The Morgan fingerprint density at radius 2 is 1.83 bits per heavy atom. The molecule has 0 aliphatic carbocycles. The lowest BCUT2D eigenvalue weighted by Crippen LogP contribution is -2.37. The molecule has 0 saturated heterocycles. The molecule has 0 fully saturated rings. The topological polar surface area (TPSA) is 32.3 Å². The summed E-state index contributed by atoms with van der Waals surface area (Å²) in [6, 6.07) is 7.14. The first-order valence-electron chi connectivity index (χ1n) is 6.70. The summed E-state index contributed by atoms with van der Waals surface area (Å²) in [5.74, 6) is 0.260. The van der Waals surface area contributed by atoms with Crippen LogP contribution in [-0.4, -0.2) is 17.8 Å². The molecule has 2 N–H and O–H groups in total. The van der Waals surface area contributed by atoms with Crippen molar-refractivity contribution < 1.29 is 9.50 Å². The van der Waals surface area contributed by atoms with Gasteiger partial charge in [0.05, 0.1) is 0 Å². The van der Waals surface area contributed by atoms with Gasteiger partial charge in [0, 0.05) is 18.7 Å². The Morgan fingerprint density at radius 1 is 1.22 bits per heavy atom. The molecule has 0 bridgehead atoms. The van der Waals surface area contributed by atoms with Crippen LogP contribution in [0, 0.1) is 11.7 Å². The van der Waals surface area contributed by atoms with Crippen LogP contribution in [0.2, 0.25) is 0 Å². The molecule has 0 saturated carbocycles. The van der Waals surface area contributed by atoms with E-state index < -0.39 is 0 Å². The van der Waals surface area contributed by atoms with Crippen LogP contribution in [0.15, 0.2) is 24.3 Å². The van der Waals surface area contributed by atoms with Gasteiger partial charge in [0.1, 0.15) is 5.82 Å². The lowest BCUT2D eigenvalue weighted by atomic mass is 9.97. The molecule has 18 heavy (non-hydrogen) atoms. The highest BCUT2D eigenvalue weighted by Gasteiger charge is 2.18. The first-order valence-corrected chi connectivity index (χ1v) is 6.70. The lowest BCUT2D eigenvalue weighted by molar-refractivity contribution is 0.233. The number of halogens is 1. The maximum atomic E-state index is 12.9. The predicted molar refractivity (Wildman–Crippen MR) is 72.9 cm³/mol. The van der Waals surface area contributed by atoms with Gasteiger partial charge in [-0.1, -0.05) is 32.9 Å². The normalized spacial score (nSPS) is 14.8. The second-order valence-electron chi connectivity index (χ2n) is 5.04. The van der Waals surface area contributed by atoms with Gasteiger partial charge in [0.15, 0.2) is 0 Å². The van der Waals surface area contributed by atoms with Crippen LogP contribution in [0.4, 0.5) is 4.39 Å². The summed E-state index contributed by atoms with van der Waals surface area (Å²) in [5.41, 5.74) is 1.10. The number of aliphatic hydroxyl groups is 1. The Morgan fingerprint density at radius 3 is 2.28 bits per heavy atom. The largest absolute Gasteiger partial charge is 0.396 e. The Bertz CT molecular complexity index is 337. The van der Waals surface area contributed by atoms with Crippen LogP contribution in [0.25, 0.3) is 0 Å². The zero-order chi connectivity index (χ0) is 13.5. The Labute approximate surface area is 109 Å². The van der Waals surface area contributed by atoms with Crippen LogP contribution in [-0.2, 0) is 0 Å². The zero-order valence-electron chi connectivity index (χ0n) is 11.5. The van der Waals surface area contributed by atoms with Crippen molar-refractivity contribution in [1.82, 2.24) is 5.32 Å². The predicted octanol–water partition coefficient (Wildman–Crippen LogP) is 3.27. The van der Waals surface area contributed by atoms with E-state index >= 15 is 0 Å². The minimum absolute atomic E-state index is 0.190. The molecule has 0 amide bonds. The molecule has 102 valence electrons. The molecule has 1 rings (SSSR count).